The number of furan rings is 1. The second kappa shape index (κ2) is 4.44. The summed E-state index contributed by atoms with van der Waals surface area (Å²) in [6, 6.07) is 4.13. The first kappa shape index (κ1) is 11.4. The molecule has 0 aromatic carbocycles. The normalized spacial score (nSPS) is 13.1. The van der Waals surface area contributed by atoms with E-state index in [9.17, 15) is 0 Å². The standard InChI is InChI=1S/C11H10Br2OS/c1-6-3-4-14-11(6)10(13)8-5-9(12)15-7(8)2/h3-5,10H,1-2H3. The molecule has 0 bridgehead atoms. The Balaban J connectivity index is 2.40. The number of halogens is 2. The van der Waals surface area contributed by atoms with Gasteiger partial charge in [-0.2, -0.15) is 0 Å². The first-order valence-electron chi connectivity index (χ1n) is 4.53. The van der Waals surface area contributed by atoms with Crippen LogP contribution >= 0.6 is 43.2 Å². The second-order valence-corrected chi connectivity index (χ2v) is 6.94. The van der Waals surface area contributed by atoms with Gasteiger partial charge >= 0.3 is 0 Å². The molecule has 1 unspecified atom stereocenters. The predicted octanol–water partition coefficient (Wildman–Crippen LogP) is 5.20. The molecule has 0 fully saturated rings. The summed E-state index contributed by atoms with van der Waals surface area (Å²) >= 11 is 8.93. The molecular weight excluding hydrogens is 340 g/mol. The van der Waals surface area contributed by atoms with E-state index in [-0.39, 0.29) is 4.83 Å². The van der Waals surface area contributed by atoms with Crippen molar-refractivity contribution >= 4 is 43.2 Å². The monoisotopic (exact) mass is 348 g/mol. The SMILES string of the molecule is Cc1ccoc1C(Br)c1cc(Br)sc1C. The summed E-state index contributed by atoms with van der Waals surface area (Å²) in [5, 5.41) is 0. The van der Waals surface area contributed by atoms with E-state index in [1.165, 1.54) is 16.0 Å². The molecule has 1 atom stereocenters. The van der Waals surface area contributed by atoms with Crippen LogP contribution < -0.4 is 0 Å². The largest absolute Gasteiger partial charge is 0.468 e. The zero-order valence-electron chi connectivity index (χ0n) is 8.38. The summed E-state index contributed by atoms with van der Waals surface area (Å²) in [5.74, 6) is 0.989. The van der Waals surface area contributed by atoms with Gasteiger partial charge in [0.15, 0.2) is 0 Å². The first-order valence-corrected chi connectivity index (χ1v) is 7.06. The molecule has 15 heavy (non-hydrogen) atoms. The van der Waals surface area contributed by atoms with E-state index in [4.69, 9.17) is 4.42 Å². The fraction of sp³-hybridized carbons (Fsp3) is 0.273. The van der Waals surface area contributed by atoms with Crippen LogP contribution in [0.2, 0.25) is 0 Å². The van der Waals surface area contributed by atoms with Crippen LogP contribution in [0.3, 0.4) is 0 Å². The topological polar surface area (TPSA) is 13.1 Å². The number of alkyl halides is 1. The number of rotatable bonds is 2. The zero-order chi connectivity index (χ0) is 11.0. The van der Waals surface area contributed by atoms with E-state index < -0.39 is 0 Å². The summed E-state index contributed by atoms with van der Waals surface area (Å²) in [4.78, 5) is 1.45. The molecule has 1 nitrogen and oxygen atoms in total. The maximum atomic E-state index is 5.49. The Kier molecular flexibility index (Phi) is 3.38. The highest BCUT2D eigenvalue weighted by Gasteiger charge is 2.19. The molecule has 2 heterocycles. The molecule has 2 rings (SSSR count). The van der Waals surface area contributed by atoms with Crippen LogP contribution in [0.5, 0.6) is 0 Å². The number of hydrogen-bond acceptors (Lipinski definition) is 2. The minimum atomic E-state index is 0.148. The lowest BCUT2D eigenvalue weighted by Gasteiger charge is -2.07. The van der Waals surface area contributed by atoms with E-state index in [0.717, 1.165) is 9.55 Å². The third kappa shape index (κ3) is 2.22. The van der Waals surface area contributed by atoms with Gasteiger partial charge in [0, 0.05) is 4.88 Å². The zero-order valence-corrected chi connectivity index (χ0v) is 12.4. The van der Waals surface area contributed by atoms with Crippen molar-refractivity contribution < 1.29 is 4.42 Å². The fourth-order valence-electron chi connectivity index (χ4n) is 1.50. The van der Waals surface area contributed by atoms with Gasteiger partial charge in [0.05, 0.1) is 14.9 Å². The Bertz CT molecular complexity index is 473. The predicted molar refractivity (Wildman–Crippen MR) is 71.0 cm³/mol. The molecule has 4 heteroatoms. The van der Waals surface area contributed by atoms with Gasteiger partial charge in [0.2, 0.25) is 0 Å². The average molecular weight is 350 g/mol. The van der Waals surface area contributed by atoms with Gasteiger partial charge in [-0.1, -0.05) is 15.9 Å². The van der Waals surface area contributed by atoms with Gasteiger partial charge in [0.25, 0.3) is 0 Å². The lowest BCUT2D eigenvalue weighted by atomic mass is 10.1. The number of thiophene rings is 1. The van der Waals surface area contributed by atoms with Gasteiger partial charge in [0.1, 0.15) is 5.76 Å². The third-order valence-electron chi connectivity index (χ3n) is 2.33. The Labute approximate surface area is 110 Å². The number of aryl methyl sites for hydroxylation is 2. The van der Waals surface area contributed by atoms with E-state index in [1.54, 1.807) is 17.6 Å². The maximum Gasteiger partial charge on any atom is 0.124 e. The third-order valence-corrected chi connectivity index (χ3v) is 4.81. The highest BCUT2D eigenvalue weighted by molar-refractivity contribution is 9.11. The molecule has 0 aliphatic rings. The molecule has 0 spiro atoms. The van der Waals surface area contributed by atoms with Crippen molar-refractivity contribution in [2.75, 3.05) is 0 Å². The van der Waals surface area contributed by atoms with Crippen molar-refractivity contribution in [1.29, 1.82) is 0 Å². The van der Waals surface area contributed by atoms with Gasteiger partial charge < -0.3 is 4.42 Å². The average Bonchev–Trinajstić information content (AvgIpc) is 2.71. The second-order valence-electron chi connectivity index (χ2n) is 3.39. The maximum absolute atomic E-state index is 5.49. The smallest absolute Gasteiger partial charge is 0.124 e. The van der Waals surface area contributed by atoms with E-state index >= 15 is 0 Å². The molecule has 0 saturated heterocycles. The Morgan fingerprint density at radius 3 is 2.60 bits per heavy atom. The first-order chi connectivity index (χ1) is 7.09. The van der Waals surface area contributed by atoms with Crippen molar-refractivity contribution in [3.8, 4) is 0 Å². The van der Waals surface area contributed by atoms with Crippen molar-refractivity contribution in [2.45, 2.75) is 18.7 Å². The molecule has 0 N–H and O–H groups in total. The van der Waals surface area contributed by atoms with Gasteiger partial charge in [-0.15, -0.1) is 11.3 Å². The van der Waals surface area contributed by atoms with Crippen LogP contribution in [0, 0.1) is 13.8 Å². The fourth-order valence-corrected chi connectivity index (χ4v) is 4.34. The van der Waals surface area contributed by atoms with Crippen LogP contribution in [0.4, 0.5) is 0 Å². The quantitative estimate of drug-likeness (QED) is 0.678. The van der Waals surface area contributed by atoms with Crippen LogP contribution in [0.25, 0.3) is 0 Å². The molecule has 0 amide bonds. The minimum absolute atomic E-state index is 0.148. The van der Waals surface area contributed by atoms with Gasteiger partial charge in [-0.3, -0.25) is 0 Å². The van der Waals surface area contributed by atoms with Crippen molar-refractivity contribution in [1.82, 2.24) is 0 Å². The number of hydrogen-bond donors (Lipinski definition) is 0. The van der Waals surface area contributed by atoms with Crippen LogP contribution in [0.1, 0.15) is 26.6 Å². The molecular formula is C11H10Br2OS. The van der Waals surface area contributed by atoms with Crippen LogP contribution in [0.15, 0.2) is 26.6 Å². The molecule has 0 radical (unpaired) electrons. The van der Waals surface area contributed by atoms with E-state index in [0.29, 0.717) is 0 Å². The lowest BCUT2D eigenvalue weighted by Crippen LogP contribution is -1.92. The molecule has 2 aromatic heterocycles. The van der Waals surface area contributed by atoms with Crippen LogP contribution in [-0.4, -0.2) is 0 Å². The van der Waals surface area contributed by atoms with E-state index in [1.807, 2.05) is 6.07 Å². The highest BCUT2D eigenvalue weighted by Crippen LogP contribution is 2.39. The Morgan fingerprint density at radius 2 is 2.13 bits per heavy atom. The minimum Gasteiger partial charge on any atom is -0.468 e. The molecule has 80 valence electrons. The summed E-state index contributed by atoms with van der Waals surface area (Å²) in [5.41, 5.74) is 2.45. The highest BCUT2D eigenvalue weighted by atomic mass is 79.9. The summed E-state index contributed by atoms with van der Waals surface area (Å²) < 4.78 is 6.64. The van der Waals surface area contributed by atoms with Crippen molar-refractivity contribution in [2.24, 2.45) is 0 Å². The Morgan fingerprint density at radius 1 is 1.40 bits per heavy atom. The van der Waals surface area contributed by atoms with Gasteiger partial charge in [-0.05, 0) is 53.0 Å². The summed E-state index contributed by atoms with van der Waals surface area (Å²) in [6.45, 7) is 4.18. The van der Waals surface area contributed by atoms with E-state index in [2.05, 4.69) is 51.8 Å². The van der Waals surface area contributed by atoms with Crippen molar-refractivity contribution in [3.63, 3.8) is 0 Å². The summed E-state index contributed by atoms with van der Waals surface area (Å²) in [6.07, 6.45) is 1.73. The van der Waals surface area contributed by atoms with Crippen LogP contribution in [-0.2, 0) is 0 Å². The lowest BCUT2D eigenvalue weighted by molar-refractivity contribution is 0.517. The summed E-state index contributed by atoms with van der Waals surface area (Å²) in [7, 11) is 0. The molecule has 0 aliphatic heterocycles. The molecule has 2 aromatic rings. The molecule has 0 aliphatic carbocycles. The van der Waals surface area contributed by atoms with Gasteiger partial charge in [-0.25, -0.2) is 0 Å². The van der Waals surface area contributed by atoms with Crippen molar-refractivity contribution in [3.05, 3.63) is 43.9 Å². The Hall–Kier alpha value is -0.0600. The molecule has 0 saturated carbocycles.